The van der Waals surface area contributed by atoms with Crippen molar-refractivity contribution >= 4 is 5.69 Å². The molecule has 1 aromatic carbocycles. The van der Waals surface area contributed by atoms with E-state index in [0.29, 0.717) is 12.0 Å². The molecule has 2 heteroatoms. The van der Waals surface area contributed by atoms with E-state index in [4.69, 9.17) is 4.74 Å². The minimum absolute atomic E-state index is 0.514. The van der Waals surface area contributed by atoms with E-state index >= 15 is 0 Å². The van der Waals surface area contributed by atoms with Crippen LogP contribution in [0.1, 0.15) is 51.2 Å². The van der Waals surface area contributed by atoms with Crippen LogP contribution in [0, 0.1) is 0 Å². The third-order valence-electron chi connectivity index (χ3n) is 3.83. The average molecular weight is 247 g/mol. The first-order chi connectivity index (χ1) is 8.54. The number of fused-ring (bicyclic) bond motifs is 1. The number of aryl methyl sites for hydroxylation is 1. The standard InChI is InChI=1S/C16H25NO/c1-11(2)14-9-13-7-6-8-17(12(3)4)15(13)10-16(14)18-5/h9-12H,6-8H2,1-5H3. The topological polar surface area (TPSA) is 12.5 Å². The Labute approximate surface area is 111 Å². The van der Waals surface area contributed by atoms with Gasteiger partial charge in [-0.15, -0.1) is 0 Å². The number of methoxy groups -OCH3 is 1. The van der Waals surface area contributed by atoms with Crippen molar-refractivity contribution in [2.45, 2.75) is 52.5 Å². The second-order valence-corrected chi connectivity index (χ2v) is 5.77. The van der Waals surface area contributed by atoms with Crippen LogP contribution in [0.25, 0.3) is 0 Å². The van der Waals surface area contributed by atoms with Gasteiger partial charge in [0.05, 0.1) is 7.11 Å². The molecule has 100 valence electrons. The lowest BCUT2D eigenvalue weighted by Crippen LogP contribution is -2.35. The molecule has 0 aliphatic carbocycles. The molecule has 0 aromatic heterocycles. The molecule has 1 aliphatic rings. The summed E-state index contributed by atoms with van der Waals surface area (Å²) in [6.45, 7) is 10.1. The minimum atomic E-state index is 0.514. The third-order valence-corrected chi connectivity index (χ3v) is 3.83. The summed E-state index contributed by atoms with van der Waals surface area (Å²) in [5, 5.41) is 0. The molecule has 2 nitrogen and oxygen atoms in total. The van der Waals surface area contributed by atoms with Crippen molar-refractivity contribution in [3.8, 4) is 5.75 Å². The van der Waals surface area contributed by atoms with Gasteiger partial charge in [-0.05, 0) is 49.8 Å². The summed E-state index contributed by atoms with van der Waals surface area (Å²) in [6, 6.07) is 5.15. The van der Waals surface area contributed by atoms with Gasteiger partial charge in [0.15, 0.2) is 0 Å². The summed E-state index contributed by atoms with van der Waals surface area (Å²) in [4.78, 5) is 2.49. The Morgan fingerprint density at radius 1 is 1.17 bits per heavy atom. The summed E-state index contributed by atoms with van der Waals surface area (Å²) < 4.78 is 5.57. The largest absolute Gasteiger partial charge is 0.496 e. The van der Waals surface area contributed by atoms with Crippen LogP contribution < -0.4 is 9.64 Å². The maximum Gasteiger partial charge on any atom is 0.124 e. The average Bonchev–Trinajstić information content (AvgIpc) is 2.35. The summed E-state index contributed by atoms with van der Waals surface area (Å²) >= 11 is 0. The fraction of sp³-hybridized carbons (Fsp3) is 0.625. The highest BCUT2D eigenvalue weighted by Crippen LogP contribution is 2.37. The zero-order valence-corrected chi connectivity index (χ0v) is 12.3. The number of rotatable bonds is 3. The molecule has 2 rings (SSSR count). The molecule has 0 spiro atoms. The second kappa shape index (κ2) is 5.21. The SMILES string of the molecule is COc1cc2c(cc1C(C)C)CCCN2C(C)C. The number of nitrogens with zero attached hydrogens (tertiary/aromatic N) is 1. The predicted molar refractivity (Wildman–Crippen MR) is 77.9 cm³/mol. The third kappa shape index (κ3) is 2.33. The van der Waals surface area contributed by atoms with Crippen molar-refractivity contribution in [3.05, 3.63) is 23.3 Å². The highest BCUT2D eigenvalue weighted by atomic mass is 16.5. The fourth-order valence-electron chi connectivity index (χ4n) is 2.83. The molecule has 1 aliphatic heterocycles. The molecule has 0 atom stereocenters. The molecule has 0 bridgehead atoms. The molecular formula is C16H25NO. The highest BCUT2D eigenvalue weighted by Gasteiger charge is 2.22. The van der Waals surface area contributed by atoms with Gasteiger partial charge in [-0.2, -0.15) is 0 Å². The first-order valence-corrected chi connectivity index (χ1v) is 7.02. The molecule has 0 unspecified atom stereocenters. The first-order valence-electron chi connectivity index (χ1n) is 7.02. The van der Waals surface area contributed by atoms with Crippen LogP contribution in [0.5, 0.6) is 5.75 Å². The number of benzene rings is 1. The Kier molecular flexibility index (Phi) is 3.84. The van der Waals surface area contributed by atoms with Gasteiger partial charge in [-0.25, -0.2) is 0 Å². The van der Waals surface area contributed by atoms with Crippen molar-refractivity contribution in [2.75, 3.05) is 18.6 Å². The van der Waals surface area contributed by atoms with Crippen molar-refractivity contribution in [2.24, 2.45) is 0 Å². The summed E-state index contributed by atoms with van der Waals surface area (Å²) in [5.74, 6) is 1.55. The Balaban J connectivity index is 2.50. The highest BCUT2D eigenvalue weighted by molar-refractivity contribution is 5.62. The van der Waals surface area contributed by atoms with Crippen molar-refractivity contribution in [1.29, 1.82) is 0 Å². The lowest BCUT2D eigenvalue weighted by atomic mass is 9.93. The zero-order chi connectivity index (χ0) is 13.3. The van der Waals surface area contributed by atoms with Crippen LogP contribution in [0.4, 0.5) is 5.69 Å². The van der Waals surface area contributed by atoms with Gasteiger partial charge >= 0.3 is 0 Å². The molecule has 0 amide bonds. The maximum absolute atomic E-state index is 5.57. The van der Waals surface area contributed by atoms with Crippen LogP contribution in [0.2, 0.25) is 0 Å². The number of hydrogen-bond donors (Lipinski definition) is 0. The van der Waals surface area contributed by atoms with Crippen LogP contribution in [0.15, 0.2) is 12.1 Å². The van der Waals surface area contributed by atoms with E-state index < -0.39 is 0 Å². The zero-order valence-electron chi connectivity index (χ0n) is 12.3. The second-order valence-electron chi connectivity index (χ2n) is 5.77. The molecule has 0 saturated heterocycles. The predicted octanol–water partition coefficient (Wildman–Crippen LogP) is 3.98. The Hall–Kier alpha value is -1.18. The van der Waals surface area contributed by atoms with Gasteiger partial charge < -0.3 is 9.64 Å². The summed E-state index contributed by atoms with van der Waals surface area (Å²) in [5.41, 5.74) is 4.19. The monoisotopic (exact) mass is 247 g/mol. The van der Waals surface area contributed by atoms with Gasteiger partial charge in [-0.3, -0.25) is 0 Å². The first kappa shape index (κ1) is 13.3. The van der Waals surface area contributed by atoms with Gasteiger partial charge in [0, 0.05) is 24.3 Å². The van der Waals surface area contributed by atoms with Crippen LogP contribution >= 0.6 is 0 Å². The summed E-state index contributed by atoms with van der Waals surface area (Å²) in [7, 11) is 1.77. The molecule has 0 fully saturated rings. The van der Waals surface area contributed by atoms with Crippen molar-refractivity contribution < 1.29 is 4.74 Å². The van der Waals surface area contributed by atoms with E-state index in [0.717, 1.165) is 12.3 Å². The Morgan fingerprint density at radius 2 is 1.89 bits per heavy atom. The molecule has 0 saturated carbocycles. The van der Waals surface area contributed by atoms with E-state index in [1.54, 1.807) is 7.11 Å². The lowest BCUT2D eigenvalue weighted by molar-refractivity contribution is 0.407. The fourth-order valence-corrected chi connectivity index (χ4v) is 2.83. The van der Waals surface area contributed by atoms with Crippen LogP contribution in [-0.4, -0.2) is 19.7 Å². The van der Waals surface area contributed by atoms with Crippen molar-refractivity contribution in [3.63, 3.8) is 0 Å². The summed E-state index contributed by atoms with van der Waals surface area (Å²) in [6.07, 6.45) is 2.46. The Morgan fingerprint density at radius 3 is 2.44 bits per heavy atom. The quantitative estimate of drug-likeness (QED) is 0.801. The normalized spacial score (nSPS) is 15.2. The van der Waals surface area contributed by atoms with E-state index in [9.17, 15) is 0 Å². The van der Waals surface area contributed by atoms with E-state index in [1.807, 2.05) is 0 Å². The van der Waals surface area contributed by atoms with Gasteiger partial charge in [0.1, 0.15) is 5.75 Å². The molecule has 1 heterocycles. The molecule has 1 aromatic rings. The number of ether oxygens (including phenoxy) is 1. The minimum Gasteiger partial charge on any atom is -0.496 e. The molecular weight excluding hydrogens is 222 g/mol. The van der Waals surface area contributed by atoms with Crippen LogP contribution in [0.3, 0.4) is 0 Å². The van der Waals surface area contributed by atoms with Gasteiger partial charge in [0.2, 0.25) is 0 Å². The molecule has 0 N–H and O–H groups in total. The van der Waals surface area contributed by atoms with Crippen LogP contribution in [-0.2, 0) is 6.42 Å². The maximum atomic E-state index is 5.57. The molecule has 0 radical (unpaired) electrons. The lowest BCUT2D eigenvalue weighted by Gasteiger charge is -2.35. The Bertz CT molecular complexity index is 423. The molecule has 18 heavy (non-hydrogen) atoms. The van der Waals surface area contributed by atoms with Crippen molar-refractivity contribution in [1.82, 2.24) is 0 Å². The number of anilines is 1. The van der Waals surface area contributed by atoms with E-state index in [1.165, 1.54) is 29.7 Å². The van der Waals surface area contributed by atoms with E-state index in [-0.39, 0.29) is 0 Å². The number of hydrogen-bond acceptors (Lipinski definition) is 2. The van der Waals surface area contributed by atoms with Gasteiger partial charge in [-0.1, -0.05) is 13.8 Å². The van der Waals surface area contributed by atoms with E-state index in [2.05, 4.69) is 44.7 Å². The smallest absolute Gasteiger partial charge is 0.124 e. The van der Waals surface area contributed by atoms with Gasteiger partial charge in [0.25, 0.3) is 0 Å².